The predicted molar refractivity (Wildman–Crippen MR) is 113 cm³/mol. The van der Waals surface area contributed by atoms with Gasteiger partial charge in [0.05, 0.1) is 0 Å². The molecule has 26 heavy (non-hydrogen) atoms. The Morgan fingerprint density at radius 1 is 0.654 bits per heavy atom. The highest BCUT2D eigenvalue weighted by Crippen LogP contribution is 2.39. The fraction of sp³-hybridized carbons (Fsp3) is 0.0400. The van der Waals surface area contributed by atoms with Gasteiger partial charge in [0.15, 0.2) is 0 Å². The van der Waals surface area contributed by atoms with Crippen LogP contribution < -0.4 is 0 Å². The first-order valence-electron chi connectivity index (χ1n) is 9.01. The van der Waals surface area contributed by atoms with E-state index in [4.69, 9.17) is 0 Å². The van der Waals surface area contributed by atoms with E-state index in [1.54, 1.807) is 0 Å². The summed E-state index contributed by atoms with van der Waals surface area (Å²) >= 11 is 0. The summed E-state index contributed by atoms with van der Waals surface area (Å²) in [4.78, 5) is 3.61. The number of benzene rings is 4. The van der Waals surface area contributed by atoms with Gasteiger partial charge >= 0.3 is 0 Å². The zero-order valence-electron chi connectivity index (χ0n) is 14.7. The van der Waals surface area contributed by atoms with Gasteiger partial charge < -0.3 is 4.98 Å². The van der Waals surface area contributed by atoms with Gasteiger partial charge in [0.2, 0.25) is 0 Å². The first-order chi connectivity index (χ1) is 12.9. The van der Waals surface area contributed by atoms with Gasteiger partial charge in [0, 0.05) is 21.8 Å². The molecular weight excluding hydrogens is 314 g/mol. The molecule has 0 aliphatic carbocycles. The van der Waals surface area contributed by atoms with Crippen LogP contribution in [0.3, 0.4) is 0 Å². The van der Waals surface area contributed by atoms with Crippen LogP contribution in [0.25, 0.3) is 49.8 Å². The first-order valence-corrected chi connectivity index (χ1v) is 9.01. The van der Waals surface area contributed by atoms with E-state index in [1.165, 1.54) is 49.3 Å². The lowest BCUT2D eigenvalue weighted by Crippen LogP contribution is -1.84. The molecule has 1 N–H and O–H groups in total. The number of nitrogens with one attached hydrogen (secondary N) is 1. The molecule has 5 rings (SSSR count). The minimum absolute atomic E-state index is 1.18. The van der Waals surface area contributed by atoms with Crippen molar-refractivity contribution in [3.8, 4) is 11.1 Å². The molecule has 1 heteroatoms. The van der Waals surface area contributed by atoms with E-state index < -0.39 is 0 Å². The van der Waals surface area contributed by atoms with Gasteiger partial charge in [-0.2, -0.15) is 0 Å². The predicted octanol–water partition coefficient (Wildman–Crippen LogP) is 7.17. The minimum Gasteiger partial charge on any atom is -0.354 e. The average Bonchev–Trinajstić information content (AvgIpc) is 3.08. The third-order valence-corrected chi connectivity index (χ3v) is 5.11. The van der Waals surface area contributed by atoms with E-state index in [9.17, 15) is 0 Å². The van der Waals surface area contributed by atoms with E-state index in [2.05, 4.69) is 103 Å². The number of rotatable bonds is 2. The van der Waals surface area contributed by atoms with Gasteiger partial charge in [-0.1, -0.05) is 78.9 Å². The lowest BCUT2D eigenvalue weighted by Gasteiger charge is -2.09. The van der Waals surface area contributed by atoms with Gasteiger partial charge in [0.1, 0.15) is 0 Å². The minimum atomic E-state index is 1.18. The van der Waals surface area contributed by atoms with Crippen LogP contribution in [0.1, 0.15) is 12.5 Å². The van der Waals surface area contributed by atoms with Crippen molar-refractivity contribution in [3.63, 3.8) is 0 Å². The maximum absolute atomic E-state index is 3.61. The van der Waals surface area contributed by atoms with Crippen LogP contribution in [0.2, 0.25) is 0 Å². The Hall–Kier alpha value is -3.32. The smallest absolute Gasteiger partial charge is 0.0471 e. The average molecular weight is 333 g/mol. The molecule has 1 aromatic heterocycles. The topological polar surface area (TPSA) is 15.8 Å². The van der Waals surface area contributed by atoms with Crippen molar-refractivity contribution >= 4 is 38.7 Å². The van der Waals surface area contributed by atoms with Gasteiger partial charge in [-0.05, 0) is 46.5 Å². The molecule has 0 saturated carbocycles. The summed E-state index contributed by atoms with van der Waals surface area (Å²) in [5.41, 5.74) is 6.17. The largest absolute Gasteiger partial charge is 0.354 e. The fourth-order valence-electron chi connectivity index (χ4n) is 4.01. The molecule has 124 valence electrons. The van der Waals surface area contributed by atoms with Crippen LogP contribution >= 0.6 is 0 Å². The number of aromatic nitrogens is 1. The number of fused-ring (bicyclic) bond motifs is 5. The molecule has 0 unspecified atom stereocenters. The van der Waals surface area contributed by atoms with E-state index >= 15 is 0 Å². The second-order valence-electron chi connectivity index (χ2n) is 6.65. The number of hydrogen-bond donors (Lipinski definition) is 1. The number of aromatic amines is 1. The Labute approximate surface area is 152 Å². The molecule has 0 aliphatic heterocycles. The van der Waals surface area contributed by atoms with Crippen molar-refractivity contribution in [2.24, 2.45) is 0 Å². The standard InChI is InChI=1S/C25H19N/c1-2-8-17-9-3-5-11-19(17)21-13-7-14-22-25(21)24-20-12-6-4-10-18(20)15-16-23(24)26-22/h2-16,26H,1H3. The molecule has 0 fully saturated rings. The Bertz CT molecular complexity index is 1290. The van der Waals surface area contributed by atoms with Crippen LogP contribution in [0.5, 0.6) is 0 Å². The van der Waals surface area contributed by atoms with Gasteiger partial charge in [-0.15, -0.1) is 0 Å². The fourth-order valence-corrected chi connectivity index (χ4v) is 4.01. The lowest BCUT2D eigenvalue weighted by atomic mass is 9.94. The van der Waals surface area contributed by atoms with Crippen LogP contribution in [-0.2, 0) is 0 Å². The maximum atomic E-state index is 3.61. The number of hydrogen-bond acceptors (Lipinski definition) is 0. The summed E-state index contributed by atoms with van der Waals surface area (Å²) in [6.45, 7) is 2.07. The second kappa shape index (κ2) is 5.89. The van der Waals surface area contributed by atoms with Crippen molar-refractivity contribution in [1.29, 1.82) is 0 Å². The van der Waals surface area contributed by atoms with Crippen molar-refractivity contribution in [1.82, 2.24) is 4.98 Å². The first kappa shape index (κ1) is 15.0. The Kier molecular flexibility index (Phi) is 3.39. The molecule has 5 aromatic rings. The van der Waals surface area contributed by atoms with Crippen LogP contribution in [-0.4, -0.2) is 4.98 Å². The number of allylic oxidation sites excluding steroid dienone is 1. The van der Waals surface area contributed by atoms with Crippen molar-refractivity contribution in [2.75, 3.05) is 0 Å². The van der Waals surface area contributed by atoms with E-state index in [0.29, 0.717) is 0 Å². The summed E-state index contributed by atoms with van der Waals surface area (Å²) in [5, 5.41) is 5.19. The highest BCUT2D eigenvalue weighted by molar-refractivity contribution is 6.24. The van der Waals surface area contributed by atoms with Crippen LogP contribution in [0.15, 0.2) is 84.9 Å². The highest BCUT2D eigenvalue weighted by atomic mass is 14.7. The quantitative estimate of drug-likeness (QED) is 0.352. The van der Waals surface area contributed by atoms with Gasteiger partial charge in [0.25, 0.3) is 0 Å². The summed E-state index contributed by atoms with van der Waals surface area (Å²) in [5.74, 6) is 0. The molecule has 0 atom stereocenters. The summed E-state index contributed by atoms with van der Waals surface area (Å²) < 4.78 is 0. The van der Waals surface area contributed by atoms with Crippen molar-refractivity contribution < 1.29 is 0 Å². The molecule has 0 spiro atoms. The summed E-state index contributed by atoms with van der Waals surface area (Å²) in [6, 6.07) is 28.2. The summed E-state index contributed by atoms with van der Waals surface area (Å²) in [7, 11) is 0. The molecule has 0 radical (unpaired) electrons. The Morgan fingerprint density at radius 3 is 2.35 bits per heavy atom. The molecule has 0 bridgehead atoms. The van der Waals surface area contributed by atoms with E-state index in [0.717, 1.165) is 0 Å². The van der Waals surface area contributed by atoms with Crippen molar-refractivity contribution in [3.05, 3.63) is 90.5 Å². The van der Waals surface area contributed by atoms with Gasteiger partial charge in [-0.25, -0.2) is 0 Å². The third kappa shape index (κ3) is 2.18. The van der Waals surface area contributed by atoms with Crippen LogP contribution in [0.4, 0.5) is 0 Å². The molecule has 4 aromatic carbocycles. The Balaban J connectivity index is 1.98. The third-order valence-electron chi connectivity index (χ3n) is 5.11. The SMILES string of the molecule is CC=Cc1ccccc1-c1cccc2[nH]c3ccc4ccccc4c3c12. The zero-order valence-corrected chi connectivity index (χ0v) is 14.7. The van der Waals surface area contributed by atoms with Crippen molar-refractivity contribution in [2.45, 2.75) is 6.92 Å². The second-order valence-corrected chi connectivity index (χ2v) is 6.65. The number of H-pyrrole nitrogens is 1. The molecule has 1 heterocycles. The zero-order chi connectivity index (χ0) is 17.5. The molecule has 0 amide bonds. The maximum Gasteiger partial charge on any atom is 0.0471 e. The normalized spacial score (nSPS) is 11.9. The highest BCUT2D eigenvalue weighted by Gasteiger charge is 2.14. The summed E-state index contributed by atoms with van der Waals surface area (Å²) in [6.07, 6.45) is 4.28. The Morgan fingerprint density at radius 2 is 1.42 bits per heavy atom. The molecule has 1 nitrogen and oxygen atoms in total. The van der Waals surface area contributed by atoms with Crippen LogP contribution in [0, 0.1) is 0 Å². The lowest BCUT2D eigenvalue weighted by molar-refractivity contribution is 1.55. The van der Waals surface area contributed by atoms with Gasteiger partial charge in [-0.3, -0.25) is 0 Å². The molecular formula is C25H19N. The van der Waals surface area contributed by atoms with E-state index in [1.807, 2.05) is 0 Å². The molecule has 0 aliphatic rings. The molecule has 0 saturated heterocycles. The monoisotopic (exact) mass is 333 g/mol. The van der Waals surface area contributed by atoms with E-state index in [-0.39, 0.29) is 0 Å².